The largest absolute Gasteiger partial charge is 0.322 e. The van der Waals surface area contributed by atoms with E-state index in [1.807, 2.05) is 0 Å². The SMILES string of the molecule is Cc1ccc(NC(=O)c2c(F)cccc2Cl)cc1S(=O)(=O)N(C)C. The van der Waals surface area contributed by atoms with Crippen LogP contribution in [0.15, 0.2) is 41.3 Å². The van der Waals surface area contributed by atoms with Crippen molar-refractivity contribution in [2.75, 3.05) is 19.4 Å². The maximum Gasteiger partial charge on any atom is 0.260 e. The number of nitrogens with one attached hydrogen (secondary N) is 1. The van der Waals surface area contributed by atoms with E-state index in [2.05, 4.69) is 5.32 Å². The number of halogens is 2. The number of hydrogen-bond acceptors (Lipinski definition) is 3. The molecule has 0 saturated carbocycles. The van der Waals surface area contributed by atoms with Crippen LogP contribution >= 0.6 is 11.6 Å². The van der Waals surface area contributed by atoms with Gasteiger partial charge in [-0.05, 0) is 36.8 Å². The molecule has 1 amide bonds. The van der Waals surface area contributed by atoms with Gasteiger partial charge in [-0.2, -0.15) is 0 Å². The number of anilines is 1. The summed E-state index contributed by atoms with van der Waals surface area (Å²) >= 11 is 5.86. The van der Waals surface area contributed by atoms with Gasteiger partial charge in [0.1, 0.15) is 5.82 Å². The second-order valence-corrected chi connectivity index (χ2v) is 7.85. The Kier molecular flexibility index (Phi) is 5.27. The van der Waals surface area contributed by atoms with Gasteiger partial charge in [0.2, 0.25) is 10.0 Å². The van der Waals surface area contributed by atoms with Crippen LogP contribution in [0.5, 0.6) is 0 Å². The summed E-state index contributed by atoms with van der Waals surface area (Å²) < 4.78 is 39.5. The summed E-state index contributed by atoms with van der Waals surface area (Å²) in [6.45, 7) is 1.65. The normalized spacial score (nSPS) is 11.6. The molecule has 0 spiro atoms. The van der Waals surface area contributed by atoms with E-state index in [4.69, 9.17) is 11.6 Å². The molecule has 0 aliphatic rings. The van der Waals surface area contributed by atoms with E-state index in [1.165, 1.54) is 38.4 Å². The first kappa shape index (κ1) is 18.4. The average molecular weight is 371 g/mol. The lowest BCUT2D eigenvalue weighted by molar-refractivity contribution is 0.102. The lowest BCUT2D eigenvalue weighted by atomic mass is 10.1. The van der Waals surface area contributed by atoms with Gasteiger partial charge in [0.25, 0.3) is 5.91 Å². The summed E-state index contributed by atoms with van der Waals surface area (Å²) in [7, 11) is -0.833. The minimum absolute atomic E-state index is 0.0271. The quantitative estimate of drug-likeness (QED) is 0.898. The van der Waals surface area contributed by atoms with Crippen molar-refractivity contribution in [1.29, 1.82) is 0 Å². The van der Waals surface area contributed by atoms with Crippen LogP contribution in [-0.4, -0.2) is 32.7 Å². The monoisotopic (exact) mass is 370 g/mol. The number of sulfonamides is 1. The predicted molar refractivity (Wildman–Crippen MR) is 91.4 cm³/mol. The molecular formula is C16H16ClFN2O3S. The highest BCUT2D eigenvalue weighted by Gasteiger charge is 2.21. The van der Waals surface area contributed by atoms with Crippen molar-refractivity contribution in [3.8, 4) is 0 Å². The van der Waals surface area contributed by atoms with Gasteiger partial charge < -0.3 is 5.32 Å². The Balaban J connectivity index is 2.40. The van der Waals surface area contributed by atoms with E-state index in [0.29, 0.717) is 5.56 Å². The zero-order chi connectivity index (χ0) is 18.1. The van der Waals surface area contributed by atoms with Crippen molar-refractivity contribution in [1.82, 2.24) is 4.31 Å². The molecule has 0 unspecified atom stereocenters. The van der Waals surface area contributed by atoms with E-state index in [9.17, 15) is 17.6 Å². The molecule has 24 heavy (non-hydrogen) atoms. The topological polar surface area (TPSA) is 66.5 Å². The molecule has 0 saturated heterocycles. The van der Waals surface area contributed by atoms with Crippen LogP contribution < -0.4 is 5.32 Å². The van der Waals surface area contributed by atoms with Gasteiger partial charge in [0.15, 0.2) is 0 Å². The maximum atomic E-state index is 13.8. The Morgan fingerprint density at radius 3 is 2.46 bits per heavy atom. The second-order valence-electron chi connectivity index (χ2n) is 5.32. The maximum absolute atomic E-state index is 13.8. The van der Waals surface area contributed by atoms with E-state index in [-0.39, 0.29) is 21.2 Å². The first-order chi connectivity index (χ1) is 11.1. The smallest absolute Gasteiger partial charge is 0.260 e. The zero-order valence-electron chi connectivity index (χ0n) is 13.3. The molecule has 2 rings (SSSR count). The number of hydrogen-bond donors (Lipinski definition) is 1. The summed E-state index contributed by atoms with van der Waals surface area (Å²) in [5, 5.41) is 2.45. The third kappa shape index (κ3) is 3.58. The summed E-state index contributed by atoms with van der Waals surface area (Å²) in [4.78, 5) is 12.3. The van der Waals surface area contributed by atoms with Crippen LogP contribution in [0.1, 0.15) is 15.9 Å². The molecule has 0 fully saturated rings. The zero-order valence-corrected chi connectivity index (χ0v) is 14.9. The molecule has 5 nitrogen and oxygen atoms in total. The minimum atomic E-state index is -3.66. The van der Waals surface area contributed by atoms with Gasteiger partial charge in [0, 0.05) is 19.8 Å². The standard InChI is InChI=1S/C16H16ClFN2O3S/c1-10-7-8-11(9-14(10)24(22,23)20(2)3)19-16(21)15-12(17)5-4-6-13(15)18/h4-9H,1-3H3,(H,19,21). The summed E-state index contributed by atoms with van der Waals surface area (Å²) in [6.07, 6.45) is 0. The third-order valence-corrected chi connectivity index (χ3v) is 5.67. The Morgan fingerprint density at radius 2 is 1.88 bits per heavy atom. The molecule has 0 heterocycles. The molecule has 0 aliphatic carbocycles. The Labute approximate surface area is 145 Å². The van der Waals surface area contributed by atoms with E-state index in [0.717, 1.165) is 10.4 Å². The van der Waals surface area contributed by atoms with Gasteiger partial charge in [0.05, 0.1) is 15.5 Å². The highest BCUT2D eigenvalue weighted by atomic mass is 35.5. The molecule has 8 heteroatoms. The highest BCUT2D eigenvalue weighted by molar-refractivity contribution is 7.89. The van der Waals surface area contributed by atoms with Gasteiger partial charge in [-0.3, -0.25) is 4.79 Å². The molecule has 0 aromatic heterocycles. The van der Waals surface area contributed by atoms with Crippen molar-refractivity contribution in [2.24, 2.45) is 0 Å². The van der Waals surface area contributed by atoms with Gasteiger partial charge in [-0.1, -0.05) is 23.7 Å². The van der Waals surface area contributed by atoms with E-state index >= 15 is 0 Å². The van der Waals surface area contributed by atoms with Crippen molar-refractivity contribution < 1.29 is 17.6 Å². The number of carbonyl (C=O) groups is 1. The minimum Gasteiger partial charge on any atom is -0.322 e. The van der Waals surface area contributed by atoms with Crippen LogP contribution in [0, 0.1) is 12.7 Å². The summed E-state index contributed by atoms with van der Waals surface area (Å²) in [5.74, 6) is -1.51. The summed E-state index contributed by atoms with van der Waals surface area (Å²) in [6, 6.07) is 8.35. The van der Waals surface area contributed by atoms with Crippen molar-refractivity contribution in [3.63, 3.8) is 0 Å². The number of amides is 1. The van der Waals surface area contributed by atoms with Crippen molar-refractivity contribution in [3.05, 3.63) is 58.4 Å². The molecule has 0 atom stereocenters. The first-order valence-electron chi connectivity index (χ1n) is 6.93. The molecule has 2 aromatic rings. The van der Waals surface area contributed by atoms with Crippen LogP contribution in [0.25, 0.3) is 0 Å². The van der Waals surface area contributed by atoms with Crippen LogP contribution in [-0.2, 0) is 10.0 Å². The molecule has 0 bridgehead atoms. The van der Waals surface area contributed by atoms with Gasteiger partial charge in [-0.15, -0.1) is 0 Å². The number of aryl methyl sites for hydroxylation is 1. The average Bonchev–Trinajstić information content (AvgIpc) is 2.48. The molecule has 0 radical (unpaired) electrons. The number of rotatable bonds is 4. The molecule has 1 N–H and O–H groups in total. The van der Waals surface area contributed by atoms with E-state index < -0.39 is 21.7 Å². The second kappa shape index (κ2) is 6.88. The fraction of sp³-hybridized carbons (Fsp3) is 0.188. The van der Waals surface area contributed by atoms with Gasteiger partial charge >= 0.3 is 0 Å². The Bertz CT molecular complexity index is 878. The molecule has 2 aromatic carbocycles. The van der Waals surface area contributed by atoms with Crippen LogP contribution in [0.2, 0.25) is 5.02 Å². The van der Waals surface area contributed by atoms with Crippen LogP contribution in [0.3, 0.4) is 0 Å². The lowest BCUT2D eigenvalue weighted by Gasteiger charge is -2.15. The Hall–Kier alpha value is -1.96. The molecule has 0 aliphatic heterocycles. The summed E-state index contributed by atoms with van der Waals surface area (Å²) in [5.41, 5.74) is 0.465. The van der Waals surface area contributed by atoms with Crippen molar-refractivity contribution >= 4 is 33.2 Å². The number of nitrogens with zero attached hydrogens (tertiary/aromatic N) is 1. The molecule has 128 valence electrons. The number of carbonyl (C=O) groups excluding carboxylic acids is 1. The van der Waals surface area contributed by atoms with Crippen molar-refractivity contribution in [2.45, 2.75) is 11.8 Å². The fourth-order valence-electron chi connectivity index (χ4n) is 2.06. The molecular weight excluding hydrogens is 355 g/mol. The third-order valence-electron chi connectivity index (χ3n) is 3.39. The van der Waals surface area contributed by atoms with Gasteiger partial charge in [-0.25, -0.2) is 17.1 Å². The van der Waals surface area contributed by atoms with Crippen LogP contribution in [0.4, 0.5) is 10.1 Å². The fourth-order valence-corrected chi connectivity index (χ4v) is 3.45. The lowest BCUT2D eigenvalue weighted by Crippen LogP contribution is -2.23. The highest BCUT2D eigenvalue weighted by Crippen LogP contribution is 2.24. The van der Waals surface area contributed by atoms with E-state index in [1.54, 1.807) is 13.0 Å². The first-order valence-corrected chi connectivity index (χ1v) is 8.75. The Morgan fingerprint density at radius 1 is 1.21 bits per heavy atom. The number of benzene rings is 2. The predicted octanol–water partition coefficient (Wildman–Crippen LogP) is 3.29.